The van der Waals surface area contributed by atoms with E-state index >= 15 is 0 Å². The average Bonchev–Trinajstić information content (AvgIpc) is 2.80. The topological polar surface area (TPSA) is 37.8 Å². The lowest BCUT2D eigenvalue weighted by Gasteiger charge is -2.20. The predicted octanol–water partition coefficient (Wildman–Crippen LogP) is 3.95. The third-order valence-electron chi connectivity index (χ3n) is 2.98. The molecule has 3 nitrogen and oxygen atoms in total. The molecule has 1 atom stereocenters. The van der Waals surface area contributed by atoms with Crippen LogP contribution in [0.5, 0.6) is 0 Å². The van der Waals surface area contributed by atoms with E-state index in [9.17, 15) is 0 Å². The summed E-state index contributed by atoms with van der Waals surface area (Å²) in [7, 11) is 0. The van der Waals surface area contributed by atoms with Crippen molar-refractivity contribution in [3.8, 4) is 0 Å². The number of hydrogen-bond donors (Lipinski definition) is 1. The molecule has 0 saturated carbocycles. The summed E-state index contributed by atoms with van der Waals surface area (Å²) in [4.78, 5) is 12.0. The summed E-state index contributed by atoms with van der Waals surface area (Å²) >= 11 is 5.76. The number of aryl methyl sites for hydroxylation is 1. The van der Waals surface area contributed by atoms with Crippen LogP contribution in [0.3, 0.4) is 0 Å². The van der Waals surface area contributed by atoms with Crippen molar-refractivity contribution in [3.05, 3.63) is 16.8 Å². The van der Waals surface area contributed by atoms with Gasteiger partial charge in [-0.15, -0.1) is 23.1 Å². The lowest BCUT2D eigenvalue weighted by atomic mass is 10.3. The molecule has 102 valence electrons. The molecule has 2 aromatic heterocycles. The Labute approximate surface area is 126 Å². The lowest BCUT2D eigenvalue weighted by molar-refractivity contribution is 0.943. The first-order valence-corrected chi connectivity index (χ1v) is 9.51. The number of aromatic nitrogens is 2. The molecule has 0 spiro atoms. The van der Waals surface area contributed by atoms with E-state index in [1.54, 1.807) is 11.3 Å². The molecule has 1 unspecified atom stereocenters. The van der Waals surface area contributed by atoms with Crippen LogP contribution in [-0.4, -0.2) is 33.8 Å². The smallest absolute Gasteiger partial charge is 0.146 e. The van der Waals surface area contributed by atoms with Gasteiger partial charge >= 0.3 is 0 Å². The van der Waals surface area contributed by atoms with E-state index in [-0.39, 0.29) is 0 Å². The predicted molar refractivity (Wildman–Crippen MR) is 88.8 cm³/mol. The zero-order valence-electron chi connectivity index (χ0n) is 11.1. The zero-order chi connectivity index (χ0) is 13.2. The molecule has 0 radical (unpaired) electrons. The first-order valence-electron chi connectivity index (χ1n) is 6.49. The highest BCUT2D eigenvalue weighted by Crippen LogP contribution is 2.37. The van der Waals surface area contributed by atoms with Crippen molar-refractivity contribution in [1.82, 2.24) is 9.97 Å². The van der Waals surface area contributed by atoms with Gasteiger partial charge in [0.15, 0.2) is 0 Å². The first kappa shape index (κ1) is 13.5. The number of thioether (sulfide) groups is 2. The highest BCUT2D eigenvalue weighted by molar-refractivity contribution is 8.06. The van der Waals surface area contributed by atoms with Gasteiger partial charge in [0.25, 0.3) is 0 Å². The van der Waals surface area contributed by atoms with Crippen molar-refractivity contribution in [2.45, 2.75) is 19.1 Å². The summed E-state index contributed by atoms with van der Waals surface area (Å²) in [6.07, 6.45) is 0. The van der Waals surface area contributed by atoms with Gasteiger partial charge in [0, 0.05) is 28.7 Å². The van der Waals surface area contributed by atoms with Crippen LogP contribution in [0.2, 0.25) is 0 Å². The minimum atomic E-state index is 0.447. The zero-order valence-corrected chi connectivity index (χ0v) is 13.6. The maximum absolute atomic E-state index is 4.80. The molecule has 3 heterocycles. The third-order valence-corrected chi connectivity index (χ3v) is 6.68. The van der Waals surface area contributed by atoms with Crippen molar-refractivity contribution in [1.29, 1.82) is 0 Å². The highest BCUT2D eigenvalue weighted by atomic mass is 32.2. The van der Waals surface area contributed by atoms with Crippen LogP contribution in [0.25, 0.3) is 10.2 Å². The Hall–Kier alpha value is -0.460. The van der Waals surface area contributed by atoms with Crippen molar-refractivity contribution < 1.29 is 0 Å². The molecular weight excluding hydrogens is 294 g/mol. The largest absolute Gasteiger partial charge is 0.370 e. The molecule has 19 heavy (non-hydrogen) atoms. The van der Waals surface area contributed by atoms with Crippen molar-refractivity contribution in [2.24, 2.45) is 0 Å². The summed E-state index contributed by atoms with van der Waals surface area (Å²) < 4.78 is 0. The number of nitrogens with one attached hydrogen (secondary N) is 1. The third kappa shape index (κ3) is 2.85. The molecule has 6 heteroatoms. The van der Waals surface area contributed by atoms with Crippen LogP contribution < -0.4 is 5.32 Å². The van der Waals surface area contributed by atoms with Crippen LogP contribution in [0.4, 0.5) is 5.82 Å². The van der Waals surface area contributed by atoms with Gasteiger partial charge in [-0.1, -0.05) is 0 Å². The molecular formula is C13H17N3S3. The maximum atomic E-state index is 4.80. The molecule has 1 N–H and O–H groups in total. The van der Waals surface area contributed by atoms with Gasteiger partial charge in [0.1, 0.15) is 16.5 Å². The van der Waals surface area contributed by atoms with E-state index in [4.69, 9.17) is 9.97 Å². The van der Waals surface area contributed by atoms with Crippen molar-refractivity contribution in [2.75, 3.05) is 29.1 Å². The Morgan fingerprint density at radius 3 is 3.00 bits per heavy atom. The number of anilines is 1. The van der Waals surface area contributed by atoms with Gasteiger partial charge < -0.3 is 5.32 Å². The van der Waals surface area contributed by atoms with E-state index in [0.717, 1.165) is 28.8 Å². The van der Waals surface area contributed by atoms with Gasteiger partial charge in [-0.25, -0.2) is 9.97 Å². The number of hydrogen-bond acceptors (Lipinski definition) is 6. The highest BCUT2D eigenvalue weighted by Gasteiger charge is 2.21. The van der Waals surface area contributed by atoms with Crippen LogP contribution in [0, 0.1) is 6.92 Å². The maximum Gasteiger partial charge on any atom is 0.146 e. The van der Waals surface area contributed by atoms with Gasteiger partial charge in [0.2, 0.25) is 0 Å². The van der Waals surface area contributed by atoms with E-state index in [1.165, 1.54) is 21.8 Å². The molecule has 0 amide bonds. The lowest BCUT2D eigenvalue weighted by Crippen LogP contribution is -2.11. The molecule has 0 bridgehead atoms. The number of rotatable bonds is 3. The molecule has 1 aliphatic heterocycles. The monoisotopic (exact) mass is 311 g/mol. The number of thiophene rings is 1. The van der Waals surface area contributed by atoms with Crippen LogP contribution in [0.1, 0.15) is 22.9 Å². The molecule has 1 saturated heterocycles. The average molecular weight is 312 g/mol. The van der Waals surface area contributed by atoms with Gasteiger partial charge in [-0.2, -0.15) is 11.8 Å². The van der Waals surface area contributed by atoms with Gasteiger partial charge in [0.05, 0.1) is 10.6 Å². The normalized spacial score (nSPS) is 19.8. The second-order valence-corrected chi connectivity index (χ2v) is 8.17. The number of nitrogens with zero attached hydrogens (tertiary/aromatic N) is 2. The van der Waals surface area contributed by atoms with Crippen LogP contribution in [-0.2, 0) is 0 Å². The van der Waals surface area contributed by atoms with Gasteiger partial charge in [-0.3, -0.25) is 0 Å². The molecule has 2 aromatic rings. The van der Waals surface area contributed by atoms with Gasteiger partial charge in [-0.05, 0) is 19.9 Å². The Balaban J connectivity index is 2.04. The van der Waals surface area contributed by atoms with E-state index in [2.05, 4.69) is 25.2 Å². The number of fused-ring (bicyclic) bond motifs is 1. The van der Waals surface area contributed by atoms with Crippen LogP contribution in [0.15, 0.2) is 6.07 Å². The summed E-state index contributed by atoms with van der Waals surface area (Å²) in [5.74, 6) is 5.59. The van der Waals surface area contributed by atoms with E-state index < -0.39 is 0 Å². The summed E-state index contributed by atoms with van der Waals surface area (Å²) in [6, 6.07) is 2.19. The SMILES string of the molecule is CCNc1nc(C2CSCCS2)nc2sc(C)cc12. The Kier molecular flexibility index (Phi) is 4.19. The molecule has 3 rings (SSSR count). The second-order valence-electron chi connectivity index (χ2n) is 4.47. The molecule has 0 aromatic carbocycles. The summed E-state index contributed by atoms with van der Waals surface area (Å²) in [5.41, 5.74) is 0. The quantitative estimate of drug-likeness (QED) is 0.929. The van der Waals surface area contributed by atoms with Crippen molar-refractivity contribution >= 4 is 50.9 Å². The minimum absolute atomic E-state index is 0.447. The Morgan fingerprint density at radius 2 is 2.26 bits per heavy atom. The van der Waals surface area contributed by atoms with E-state index in [1.807, 2.05) is 23.5 Å². The van der Waals surface area contributed by atoms with Crippen LogP contribution >= 0.6 is 34.9 Å². The minimum Gasteiger partial charge on any atom is -0.370 e. The molecule has 0 aliphatic carbocycles. The fourth-order valence-corrected chi connectivity index (χ4v) is 5.63. The fraction of sp³-hybridized carbons (Fsp3) is 0.538. The Bertz CT molecular complexity index is 576. The summed E-state index contributed by atoms with van der Waals surface area (Å²) in [5, 5.41) is 5.00. The Morgan fingerprint density at radius 1 is 1.37 bits per heavy atom. The molecule has 1 fully saturated rings. The standard InChI is InChI=1S/C13H17N3S3/c1-3-14-11-9-6-8(2)19-13(9)16-12(15-11)10-7-17-4-5-18-10/h6,10H,3-5,7H2,1-2H3,(H,14,15,16). The van der Waals surface area contributed by atoms with E-state index in [0.29, 0.717) is 5.25 Å². The first-order chi connectivity index (χ1) is 9.28. The van der Waals surface area contributed by atoms with Crippen molar-refractivity contribution in [3.63, 3.8) is 0 Å². The fourth-order valence-electron chi connectivity index (χ4n) is 2.14. The summed E-state index contributed by atoms with van der Waals surface area (Å²) in [6.45, 7) is 5.14. The second kappa shape index (κ2) is 5.89. The molecule has 1 aliphatic rings.